The van der Waals surface area contributed by atoms with Gasteiger partial charge < -0.3 is 14.7 Å². The Morgan fingerprint density at radius 2 is 1.84 bits per heavy atom. The van der Waals surface area contributed by atoms with Gasteiger partial charge >= 0.3 is 6.03 Å². The van der Waals surface area contributed by atoms with E-state index in [0.29, 0.717) is 12.5 Å². The summed E-state index contributed by atoms with van der Waals surface area (Å²) in [5.41, 5.74) is 3.57. The molecule has 2 saturated heterocycles. The van der Waals surface area contributed by atoms with Gasteiger partial charge in [0.1, 0.15) is 0 Å². The number of piperazine rings is 1. The van der Waals surface area contributed by atoms with E-state index >= 15 is 0 Å². The number of hydrogen-bond acceptors (Lipinski definition) is 6. The monoisotopic (exact) mass is 440 g/mol. The Labute approximate surface area is 191 Å². The van der Waals surface area contributed by atoms with Gasteiger partial charge in [-0.25, -0.2) is 9.79 Å². The fourth-order valence-electron chi connectivity index (χ4n) is 4.71. The third-order valence-corrected chi connectivity index (χ3v) is 6.86. The molecule has 3 amide bonds. The summed E-state index contributed by atoms with van der Waals surface area (Å²) in [7, 11) is 1.71. The molecule has 174 valence electrons. The minimum atomic E-state index is -0.508. The van der Waals surface area contributed by atoms with Crippen molar-refractivity contribution in [2.24, 2.45) is 10.9 Å². The Hall–Kier alpha value is -2.61. The van der Waals surface area contributed by atoms with Crippen LogP contribution in [0.4, 0.5) is 4.79 Å². The Morgan fingerprint density at radius 3 is 2.53 bits per heavy atom. The van der Waals surface area contributed by atoms with Crippen molar-refractivity contribution in [2.45, 2.75) is 52.9 Å². The molecule has 1 aromatic carbocycles. The number of carbonyl (C=O) groups excluding carboxylic acids is 2. The summed E-state index contributed by atoms with van der Waals surface area (Å²) in [5, 5.41) is 2.51. The van der Waals surface area contributed by atoms with Gasteiger partial charge in [0.05, 0.1) is 0 Å². The van der Waals surface area contributed by atoms with Crippen molar-refractivity contribution in [1.29, 1.82) is 0 Å². The number of guanidine groups is 1. The van der Waals surface area contributed by atoms with Crippen LogP contribution in [-0.4, -0.2) is 89.5 Å². The van der Waals surface area contributed by atoms with Crippen molar-refractivity contribution >= 4 is 17.9 Å². The number of amides is 3. The van der Waals surface area contributed by atoms with Gasteiger partial charge in [0.2, 0.25) is 0 Å². The van der Waals surface area contributed by atoms with E-state index in [0.717, 1.165) is 38.7 Å². The summed E-state index contributed by atoms with van der Waals surface area (Å²) in [6, 6.07) is 5.52. The van der Waals surface area contributed by atoms with E-state index in [9.17, 15) is 9.59 Å². The number of carbonyl (C=O) groups is 2. The van der Waals surface area contributed by atoms with E-state index in [-0.39, 0.29) is 11.9 Å². The quantitative estimate of drug-likeness (QED) is 0.759. The topological polar surface area (TPSA) is 71.5 Å². The van der Waals surface area contributed by atoms with Crippen LogP contribution in [0.15, 0.2) is 23.2 Å². The molecule has 0 aliphatic carbocycles. The number of hydrogen-bond donors (Lipinski definition) is 1. The van der Waals surface area contributed by atoms with Crippen molar-refractivity contribution in [3.8, 4) is 0 Å². The third kappa shape index (κ3) is 4.46. The lowest BCUT2D eigenvalue weighted by Crippen LogP contribution is -2.64. The molecule has 2 fully saturated rings. The summed E-state index contributed by atoms with van der Waals surface area (Å²) in [6.45, 7) is 14.1. The molecular formula is C24H36N6O2. The van der Waals surface area contributed by atoms with Gasteiger partial charge in [0, 0.05) is 39.8 Å². The first-order chi connectivity index (χ1) is 15.2. The standard InChI is InChI=1S/C24H36N6O2/c1-16(2)8-9-28-10-12-29(13-11-28)23-25-21-20(22(31)26-24(32)27(21)5)30(23)15-19-14-17(3)6-7-18(19)4/h6-7,14,16,20-21H,8-13,15H2,1-5H3,(H,26,31,32). The fourth-order valence-corrected chi connectivity index (χ4v) is 4.71. The smallest absolute Gasteiger partial charge is 0.325 e. The lowest BCUT2D eigenvalue weighted by Gasteiger charge is -2.40. The van der Waals surface area contributed by atoms with Crippen molar-refractivity contribution in [1.82, 2.24) is 24.9 Å². The van der Waals surface area contributed by atoms with Gasteiger partial charge in [-0.15, -0.1) is 0 Å². The zero-order valence-corrected chi connectivity index (χ0v) is 20.0. The maximum Gasteiger partial charge on any atom is 0.325 e. The van der Waals surface area contributed by atoms with Crippen LogP contribution < -0.4 is 5.32 Å². The lowest BCUT2D eigenvalue weighted by molar-refractivity contribution is -0.127. The first kappa shape index (κ1) is 22.6. The van der Waals surface area contributed by atoms with Crippen LogP contribution in [0.25, 0.3) is 0 Å². The molecule has 32 heavy (non-hydrogen) atoms. The second kappa shape index (κ2) is 9.10. The molecule has 4 rings (SSSR count). The Balaban J connectivity index is 1.57. The van der Waals surface area contributed by atoms with Crippen molar-refractivity contribution in [2.75, 3.05) is 39.8 Å². The predicted molar refractivity (Wildman–Crippen MR) is 125 cm³/mol. The molecule has 3 heterocycles. The number of nitrogens with one attached hydrogen (secondary N) is 1. The first-order valence-corrected chi connectivity index (χ1v) is 11.7. The molecule has 3 aliphatic rings. The molecule has 2 atom stereocenters. The highest BCUT2D eigenvalue weighted by atomic mass is 16.2. The molecule has 0 radical (unpaired) electrons. The SMILES string of the molecule is Cc1ccc(C)c(CN2C(N3CCN(CCC(C)C)CC3)=NC3C2C(=O)NC(=O)N3C)c1. The van der Waals surface area contributed by atoms with Crippen LogP contribution in [0.1, 0.15) is 37.0 Å². The molecule has 2 unspecified atom stereocenters. The van der Waals surface area contributed by atoms with Crippen LogP contribution in [0.2, 0.25) is 0 Å². The van der Waals surface area contributed by atoms with E-state index in [2.05, 4.69) is 65.9 Å². The Bertz CT molecular complexity index is 906. The Morgan fingerprint density at radius 1 is 1.12 bits per heavy atom. The van der Waals surface area contributed by atoms with Gasteiger partial charge in [-0.2, -0.15) is 0 Å². The molecule has 0 saturated carbocycles. The maximum absolute atomic E-state index is 12.9. The fraction of sp³-hybridized carbons (Fsp3) is 0.625. The summed E-state index contributed by atoms with van der Waals surface area (Å²) < 4.78 is 0. The number of benzene rings is 1. The average Bonchev–Trinajstić information content (AvgIpc) is 3.13. The van der Waals surface area contributed by atoms with E-state index in [4.69, 9.17) is 4.99 Å². The summed E-state index contributed by atoms with van der Waals surface area (Å²) in [4.78, 5) is 38.6. The molecule has 3 aliphatic heterocycles. The highest BCUT2D eigenvalue weighted by Crippen LogP contribution is 2.28. The molecule has 0 aromatic heterocycles. The van der Waals surface area contributed by atoms with Crippen molar-refractivity contribution in [3.63, 3.8) is 0 Å². The third-order valence-electron chi connectivity index (χ3n) is 6.86. The average molecular weight is 441 g/mol. The first-order valence-electron chi connectivity index (χ1n) is 11.7. The molecule has 1 N–H and O–H groups in total. The number of rotatable bonds is 5. The van der Waals surface area contributed by atoms with E-state index in [1.165, 1.54) is 23.1 Å². The second-order valence-corrected chi connectivity index (χ2v) is 9.76. The number of aryl methyl sites for hydroxylation is 2. The minimum absolute atomic E-state index is 0.266. The molecular weight excluding hydrogens is 404 g/mol. The van der Waals surface area contributed by atoms with Crippen molar-refractivity contribution < 1.29 is 9.59 Å². The molecule has 0 bridgehead atoms. The van der Waals surface area contributed by atoms with Crippen LogP contribution in [-0.2, 0) is 11.3 Å². The maximum atomic E-state index is 12.9. The van der Waals surface area contributed by atoms with E-state index in [1.54, 1.807) is 11.9 Å². The van der Waals surface area contributed by atoms with E-state index < -0.39 is 12.2 Å². The van der Waals surface area contributed by atoms with Gasteiger partial charge in [0.25, 0.3) is 5.91 Å². The lowest BCUT2D eigenvalue weighted by atomic mass is 10.0. The van der Waals surface area contributed by atoms with Gasteiger partial charge in [-0.1, -0.05) is 37.6 Å². The van der Waals surface area contributed by atoms with Gasteiger partial charge in [0.15, 0.2) is 18.2 Å². The number of nitrogens with zero attached hydrogens (tertiary/aromatic N) is 5. The molecule has 8 nitrogen and oxygen atoms in total. The second-order valence-electron chi connectivity index (χ2n) is 9.76. The van der Waals surface area contributed by atoms with Crippen molar-refractivity contribution in [3.05, 3.63) is 34.9 Å². The predicted octanol–water partition coefficient (Wildman–Crippen LogP) is 2.02. The molecule has 1 aromatic rings. The minimum Gasteiger partial charge on any atom is -0.340 e. The number of aliphatic imine (C=N–C) groups is 1. The van der Waals surface area contributed by atoms with Gasteiger partial charge in [-0.3, -0.25) is 15.0 Å². The van der Waals surface area contributed by atoms with E-state index in [1.807, 2.05) is 0 Å². The zero-order valence-electron chi connectivity index (χ0n) is 20.0. The number of fused-ring (bicyclic) bond motifs is 1. The number of urea groups is 1. The van der Waals surface area contributed by atoms with Crippen LogP contribution in [0.5, 0.6) is 0 Å². The zero-order chi connectivity index (χ0) is 23.0. The van der Waals surface area contributed by atoms with Crippen LogP contribution in [0.3, 0.4) is 0 Å². The van der Waals surface area contributed by atoms with Crippen LogP contribution >= 0.6 is 0 Å². The molecule has 0 spiro atoms. The summed E-state index contributed by atoms with van der Waals surface area (Å²) in [6.07, 6.45) is 0.715. The summed E-state index contributed by atoms with van der Waals surface area (Å²) >= 11 is 0. The van der Waals surface area contributed by atoms with Gasteiger partial charge in [-0.05, 0) is 43.9 Å². The van der Waals surface area contributed by atoms with Crippen LogP contribution in [0, 0.1) is 19.8 Å². The summed E-state index contributed by atoms with van der Waals surface area (Å²) in [5.74, 6) is 1.27. The number of likely N-dealkylation sites (N-methyl/N-ethyl adjacent to an activating group) is 1. The Kier molecular flexibility index (Phi) is 6.42. The normalized spacial score (nSPS) is 24.2. The highest BCUT2D eigenvalue weighted by molar-refractivity contribution is 6.03. The highest BCUT2D eigenvalue weighted by Gasteiger charge is 2.49. The number of imide groups is 1. The largest absolute Gasteiger partial charge is 0.340 e. The molecule has 8 heteroatoms.